The van der Waals surface area contributed by atoms with E-state index in [0.717, 1.165) is 22.8 Å². The lowest BCUT2D eigenvalue weighted by Gasteiger charge is -2.13. The molecule has 2 aromatic carbocycles. The fraction of sp³-hybridized carbons (Fsp3) is 0.200. The lowest BCUT2D eigenvalue weighted by molar-refractivity contribution is 0.395. The SMILES string of the molecule is COc1ccc(Nc2cc(C)nc(Nc3cccc(C)c3)n2)c(OC)c1. The maximum absolute atomic E-state index is 5.43. The molecule has 0 aliphatic heterocycles. The van der Waals surface area contributed by atoms with E-state index >= 15 is 0 Å². The van der Waals surface area contributed by atoms with Crippen LogP contribution in [0.1, 0.15) is 11.3 Å². The van der Waals surface area contributed by atoms with E-state index in [0.29, 0.717) is 17.5 Å². The minimum Gasteiger partial charge on any atom is -0.497 e. The smallest absolute Gasteiger partial charge is 0.229 e. The molecule has 0 aliphatic carbocycles. The van der Waals surface area contributed by atoms with Crippen LogP contribution in [0.4, 0.5) is 23.1 Å². The summed E-state index contributed by atoms with van der Waals surface area (Å²) in [6.07, 6.45) is 0. The highest BCUT2D eigenvalue weighted by Gasteiger charge is 2.08. The molecule has 0 fully saturated rings. The molecule has 0 radical (unpaired) electrons. The number of nitrogens with one attached hydrogen (secondary N) is 2. The molecule has 2 N–H and O–H groups in total. The van der Waals surface area contributed by atoms with Gasteiger partial charge in [-0.25, -0.2) is 4.98 Å². The van der Waals surface area contributed by atoms with E-state index in [1.807, 2.05) is 62.4 Å². The number of aromatic nitrogens is 2. The average molecular weight is 350 g/mol. The molecular weight excluding hydrogens is 328 g/mol. The Morgan fingerprint density at radius 1 is 0.846 bits per heavy atom. The zero-order valence-corrected chi connectivity index (χ0v) is 15.3. The summed E-state index contributed by atoms with van der Waals surface area (Å²) in [6.45, 7) is 3.98. The summed E-state index contributed by atoms with van der Waals surface area (Å²) in [5, 5.41) is 6.53. The third kappa shape index (κ3) is 4.22. The maximum Gasteiger partial charge on any atom is 0.229 e. The molecule has 134 valence electrons. The first-order valence-electron chi connectivity index (χ1n) is 8.26. The van der Waals surface area contributed by atoms with Gasteiger partial charge < -0.3 is 20.1 Å². The summed E-state index contributed by atoms with van der Waals surface area (Å²) in [6, 6.07) is 15.5. The molecule has 1 heterocycles. The van der Waals surface area contributed by atoms with Gasteiger partial charge >= 0.3 is 0 Å². The Balaban J connectivity index is 1.86. The summed E-state index contributed by atoms with van der Waals surface area (Å²) in [7, 11) is 3.24. The van der Waals surface area contributed by atoms with Crippen molar-refractivity contribution in [3.63, 3.8) is 0 Å². The molecule has 0 aliphatic rings. The van der Waals surface area contributed by atoms with Crippen molar-refractivity contribution in [2.75, 3.05) is 24.9 Å². The van der Waals surface area contributed by atoms with Crippen molar-refractivity contribution in [1.29, 1.82) is 0 Å². The number of benzene rings is 2. The van der Waals surface area contributed by atoms with Crippen LogP contribution in [0, 0.1) is 13.8 Å². The molecule has 6 heteroatoms. The number of anilines is 4. The average Bonchev–Trinajstić information content (AvgIpc) is 2.61. The van der Waals surface area contributed by atoms with Crippen LogP contribution in [-0.2, 0) is 0 Å². The van der Waals surface area contributed by atoms with Crippen LogP contribution in [0.2, 0.25) is 0 Å². The second-order valence-electron chi connectivity index (χ2n) is 5.90. The monoisotopic (exact) mass is 350 g/mol. The number of aryl methyl sites for hydroxylation is 2. The molecule has 0 spiro atoms. The Morgan fingerprint density at radius 2 is 1.69 bits per heavy atom. The van der Waals surface area contributed by atoms with Gasteiger partial charge in [0.1, 0.15) is 17.3 Å². The number of nitrogens with zero attached hydrogens (tertiary/aromatic N) is 2. The molecule has 3 rings (SSSR count). The zero-order valence-electron chi connectivity index (χ0n) is 15.3. The van der Waals surface area contributed by atoms with Crippen LogP contribution < -0.4 is 20.1 Å². The third-order valence-corrected chi connectivity index (χ3v) is 3.80. The van der Waals surface area contributed by atoms with Crippen LogP contribution in [0.15, 0.2) is 48.5 Å². The highest BCUT2D eigenvalue weighted by atomic mass is 16.5. The van der Waals surface area contributed by atoms with Crippen LogP contribution in [-0.4, -0.2) is 24.2 Å². The van der Waals surface area contributed by atoms with E-state index in [4.69, 9.17) is 9.47 Å². The molecule has 0 saturated heterocycles. The quantitative estimate of drug-likeness (QED) is 0.677. The molecular formula is C20H22N4O2. The van der Waals surface area contributed by atoms with E-state index in [-0.39, 0.29) is 0 Å². The lowest BCUT2D eigenvalue weighted by atomic mass is 10.2. The van der Waals surface area contributed by atoms with Crippen molar-refractivity contribution in [3.05, 3.63) is 59.8 Å². The molecule has 3 aromatic rings. The first kappa shape index (κ1) is 17.5. The predicted molar refractivity (Wildman–Crippen MR) is 104 cm³/mol. The van der Waals surface area contributed by atoms with Crippen molar-refractivity contribution in [2.24, 2.45) is 0 Å². The van der Waals surface area contributed by atoms with Crippen LogP contribution >= 0.6 is 0 Å². The predicted octanol–water partition coefficient (Wildman–Crippen LogP) is 4.60. The Labute approximate surface area is 153 Å². The highest BCUT2D eigenvalue weighted by Crippen LogP contribution is 2.31. The van der Waals surface area contributed by atoms with Crippen molar-refractivity contribution in [2.45, 2.75) is 13.8 Å². The first-order valence-corrected chi connectivity index (χ1v) is 8.26. The van der Waals surface area contributed by atoms with Crippen molar-refractivity contribution in [3.8, 4) is 11.5 Å². The molecule has 0 bridgehead atoms. The van der Waals surface area contributed by atoms with Gasteiger partial charge in [0.15, 0.2) is 0 Å². The Bertz CT molecular complexity index is 912. The Morgan fingerprint density at radius 3 is 2.42 bits per heavy atom. The summed E-state index contributed by atoms with van der Waals surface area (Å²) < 4.78 is 10.7. The second kappa shape index (κ2) is 7.74. The number of hydrogen-bond donors (Lipinski definition) is 2. The van der Waals surface area contributed by atoms with Gasteiger partial charge in [-0.3, -0.25) is 0 Å². The van der Waals surface area contributed by atoms with Gasteiger partial charge in [0.25, 0.3) is 0 Å². The topological polar surface area (TPSA) is 68.3 Å². The fourth-order valence-electron chi connectivity index (χ4n) is 2.58. The third-order valence-electron chi connectivity index (χ3n) is 3.80. The summed E-state index contributed by atoms with van der Waals surface area (Å²) in [5.41, 5.74) is 3.77. The summed E-state index contributed by atoms with van der Waals surface area (Å²) in [4.78, 5) is 9.01. The molecule has 6 nitrogen and oxygen atoms in total. The molecule has 26 heavy (non-hydrogen) atoms. The van der Waals surface area contributed by atoms with Gasteiger partial charge in [-0.1, -0.05) is 12.1 Å². The lowest BCUT2D eigenvalue weighted by Crippen LogP contribution is -2.03. The Kier molecular flexibility index (Phi) is 5.22. The molecule has 0 amide bonds. The molecule has 0 saturated carbocycles. The summed E-state index contributed by atoms with van der Waals surface area (Å²) >= 11 is 0. The molecule has 0 atom stereocenters. The highest BCUT2D eigenvalue weighted by molar-refractivity contribution is 5.67. The van der Waals surface area contributed by atoms with Crippen molar-refractivity contribution in [1.82, 2.24) is 9.97 Å². The first-order chi connectivity index (χ1) is 12.6. The van der Waals surface area contributed by atoms with Gasteiger partial charge in [0.2, 0.25) is 5.95 Å². The number of rotatable bonds is 6. The van der Waals surface area contributed by atoms with E-state index in [2.05, 4.69) is 20.6 Å². The number of hydrogen-bond acceptors (Lipinski definition) is 6. The minimum absolute atomic E-state index is 0.533. The number of methoxy groups -OCH3 is 2. The van der Waals surface area contributed by atoms with E-state index < -0.39 is 0 Å². The number of ether oxygens (including phenoxy) is 2. The van der Waals surface area contributed by atoms with Gasteiger partial charge in [-0.05, 0) is 43.7 Å². The standard InChI is InChI=1S/C20H22N4O2/c1-13-6-5-7-15(10-13)22-20-21-14(2)11-19(24-20)23-17-9-8-16(25-3)12-18(17)26-4/h5-12H,1-4H3,(H2,21,22,23,24). The zero-order chi connectivity index (χ0) is 18.5. The van der Waals surface area contributed by atoms with Crippen LogP contribution in [0.3, 0.4) is 0 Å². The second-order valence-corrected chi connectivity index (χ2v) is 5.90. The summed E-state index contributed by atoms with van der Waals surface area (Å²) in [5.74, 6) is 2.61. The van der Waals surface area contributed by atoms with E-state index in [1.165, 1.54) is 5.56 Å². The largest absolute Gasteiger partial charge is 0.497 e. The van der Waals surface area contributed by atoms with E-state index in [1.54, 1.807) is 14.2 Å². The van der Waals surface area contributed by atoms with Crippen LogP contribution in [0.25, 0.3) is 0 Å². The maximum atomic E-state index is 5.43. The van der Waals surface area contributed by atoms with Crippen molar-refractivity contribution < 1.29 is 9.47 Å². The van der Waals surface area contributed by atoms with Crippen LogP contribution in [0.5, 0.6) is 11.5 Å². The molecule has 0 unspecified atom stereocenters. The fourth-order valence-corrected chi connectivity index (χ4v) is 2.58. The van der Waals surface area contributed by atoms with Crippen molar-refractivity contribution >= 4 is 23.1 Å². The van der Waals surface area contributed by atoms with Gasteiger partial charge in [-0.2, -0.15) is 4.98 Å². The normalized spacial score (nSPS) is 10.3. The molecule has 1 aromatic heterocycles. The van der Waals surface area contributed by atoms with E-state index in [9.17, 15) is 0 Å². The van der Waals surface area contributed by atoms with Gasteiger partial charge in [-0.15, -0.1) is 0 Å². The Hall–Kier alpha value is -3.28. The van der Waals surface area contributed by atoms with Gasteiger partial charge in [0.05, 0.1) is 19.9 Å². The van der Waals surface area contributed by atoms with Gasteiger partial charge in [0, 0.05) is 23.5 Å². The minimum atomic E-state index is 0.533.